The third-order valence-corrected chi connectivity index (χ3v) is 16.8. The van der Waals surface area contributed by atoms with E-state index in [0.717, 1.165) is 0 Å². The van der Waals surface area contributed by atoms with Crippen molar-refractivity contribution in [3.05, 3.63) is 61.7 Å². The molecule has 353 valence electrons. The second kappa shape index (κ2) is 48.5. The molecule has 0 aromatic carbocycles. The molecule has 4 nitrogen and oxygen atoms in total. The Bertz CT molecular complexity index is 1330. The summed E-state index contributed by atoms with van der Waals surface area (Å²) in [6.07, 6.45) is 46.0. The smallest absolute Gasteiger partial charge is 1.00 e. The van der Waals surface area contributed by atoms with E-state index in [2.05, 4.69) is 92.1 Å². The molecule has 0 aliphatic carbocycles. The third-order valence-electron chi connectivity index (χ3n) is 10.8. The average Bonchev–Trinajstić information content (AvgIpc) is 3.91. The number of halogens is 4. The van der Waals surface area contributed by atoms with Crippen molar-refractivity contribution in [3.63, 3.8) is 0 Å². The van der Waals surface area contributed by atoms with Crippen LogP contribution in [0.1, 0.15) is 230 Å². The summed E-state index contributed by atoms with van der Waals surface area (Å²) < 4.78 is 4.02. The summed E-state index contributed by atoms with van der Waals surface area (Å²) in [5.74, 6) is 0. The minimum atomic E-state index is -1.50. The van der Waals surface area contributed by atoms with Gasteiger partial charge in [-0.25, -0.2) is 0 Å². The van der Waals surface area contributed by atoms with Crippen molar-refractivity contribution in [1.29, 1.82) is 0 Å². The van der Waals surface area contributed by atoms with E-state index in [0.29, 0.717) is 0 Å². The van der Waals surface area contributed by atoms with E-state index in [1.165, 1.54) is 250 Å². The Labute approximate surface area is 468 Å². The number of rotatable bonds is 34. The van der Waals surface area contributed by atoms with Crippen molar-refractivity contribution in [2.75, 3.05) is 0 Å². The van der Waals surface area contributed by atoms with Crippen LogP contribution in [-0.4, -0.2) is 10.3 Å². The molecule has 0 fully saturated rings. The topological polar surface area (TPSA) is 63.4 Å². The maximum atomic E-state index is 8.36. The van der Waals surface area contributed by atoms with Gasteiger partial charge in [-0.2, -0.15) is 0 Å². The van der Waals surface area contributed by atoms with Gasteiger partial charge in [-0.15, -0.1) is 44.1 Å². The molecular weight excluding hydrogens is 1140 g/mol. The third kappa shape index (κ3) is 38.7. The maximum Gasteiger partial charge on any atom is 1.00 e. The zero-order valence-corrected chi connectivity index (χ0v) is 50.2. The number of unbranched alkanes of at least 4 members (excludes halogenated alkanes) is 27. The zero-order valence-electron chi connectivity index (χ0n) is 38.4. The average molecular weight is 1220 g/mol. The maximum absolute atomic E-state index is 8.36. The van der Waals surface area contributed by atoms with E-state index in [-0.39, 0.29) is 78.5 Å². The summed E-state index contributed by atoms with van der Waals surface area (Å²) in [6, 6.07) is 7.15. The van der Waals surface area contributed by atoms with Crippen molar-refractivity contribution in [2.24, 2.45) is 0 Å². The van der Waals surface area contributed by atoms with Crippen LogP contribution >= 0.6 is 81.8 Å². The molecule has 0 spiro atoms. The first-order chi connectivity index (χ1) is 28.2. The normalized spacial score (nSPS) is 10.5. The Morgan fingerprint density at radius 1 is 0.492 bits per heavy atom. The molecule has 0 saturated heterocycles. The van der Waals surface area contributed by atoms with Crippen molar-refractivity contribution in [2.45, 2.75) is 233 Å². The van der Waals surface area contributed by atoms with Crippen molar-refractivity contribution >= 4 is 81.8 Å². The second-order valence-electron chi connectivity index (χ2n) is 16.1. The number of nitrogens with zero attached hydrogens (tertiary/aromatic N) is 1. The molecule has 13 heteroatoms. The number of hydrogen-bond acceptors (Lipinski definition) is 5. The molecule has 0 atom stereocenters. The summed E-state index contributed by atoms with van der Waals surface area (Å²) in [7, 11) is 0. The SMILES string of the molecule is CCCCCCCCCCCCc1cc(-c2cc(CCCCCCCCCCCC)c(Br)s2)sc1Br.CCCCCCCCCCCCc1ccsc1Br.O=[N+]([O-])O.[Ag].[F-].[K+]. The van der Waals surface area contributed by atoms with Crippen LogP contribution in [-0.2, 0) is 41.6 Å². The molecule has 0 amide bonds. The van der Waals surface area contributed by atoms with Gasteiger partial charge in [0.05, 0.1) is 11.4 Å². The van der Waals surface area contributed by atoms with E-state index >= 15 is 0 Å². The summed E-state index contributed by atoms with van der Waals surface area (Å²) in [6.45, 7) is 6.88. The Morgan fingerprint density at radius 2 is 0.738 bits per heavy atom. The van der Waals surface area contributed by atoms with Crippen LogP contribution in [0.2, 0.25) is 0 Å². The molecule has 3 aromatic rings. The summed E-state index contributed by atoms with van der Waals surface area (Å²) in [5, 5.41) is 15.8. The predicted molar refractivity (Wildman–Crippen MR) is 270 cm³/mol. The van der Waals surface area contributed by atoms with Gasteiger partial charge < -0.3 is 9.91 Å². The van der Waals surface area contributed by atoms with Crippen LogP contribution in [0, 0.1) is 10.1 Å². The molecule has 0 saturated carbocycles. The second-order valence-corrected chi connectivity index (χ2v) is 23.0. The first kappa shape index (κ1) is 67.3. The molecule has 3 rings (SSSR count). The van der Waals surface area contributed by atoms with Gasteiger partial charge in [-0.05, 0) is 127 Å². The van der Waals surface area contributed by atoms with Crippen LogP contribution in [0.25, 0.3) is 9.75 Å². The molecule has 3 aromatic heterocycles. The van der Waals surface area contributed by atoms with Crippen LogP contribution in [0.4, 0.5) is 0 Å². The summed E-state index contributed by atoms with van der Waals surface area (Å²) in [4.78, 5) is 11.2. The number of thiophene rings is 3. The first-order valence-corrected chi connectivity index (χ1v) is 28.2. The standard InChI is InChI=1S/C32H52Br2S2.C16H27BrS.Ag.FH.K.HNO3/c1-3-5-7-9-11-13-15-17-19-21-23-27-25-29(35-31(27)33)30-26-28(32(34)36-30)24-22-20-18-16-14-12-10-8-6-4-2;1-2-3-4-5-6-7-8-9-10-11-12-15-13-14-18-16(15)17;;;;2-1(3)4/h25-26H,3-24H2,1-2H3;13-14H,2-12H2,1H3;;1H;;(H,2,3,4)/q;;;;+1;/p-1. The molecule has 0 bridgehead atoms. The molecule has 0 unspecified atom stereocenters. The largest absolute Gasteiger partial charge is 1.00 e. The number of hydrogen-bond donors (Lipinski definition) is 1. The van der Waals surface area contributed by atoms with Gasteiger partial charge in [-0.3, -0.25) is 0 Å². The van der Waals surface area contributed by atoms with Gasteiger partial charge in [0.25, 0.3) is 5.09 Å². The predicted octanol–water partition coefficient (Wildman–Crippen LogP) is 14.6. The Balaban J connectivity index is -0.00000113. The van der Waals surface area contributed by atoms with E-state index in [4.69, 9.17) is 15.3 Å². The van der Waals surface area contributed by atoms with Crippen molar-refractivity contribution < 1.29 is 88.8 Å². The van der Waals surface area contributed by atoms with Gasteiger partial charge in [0.15, 0.2) is 0 Å². The Kier molecular flexibility index (Phi) is 53.5. The minimum Gasteiger partial charge on any atom is -1.00 e. The van der Waals surface area contributed by atoms with Crippen molar-refractivity contribution in [1.82, 2.24) is 0 Å². The quantitative estimate of drug-likeness (QED) is 0.0280. The van der Waals surface area contributed by atoms with Crippen LogP contribution in [0.15, 0.2) is 34.9 Å². The fraction of sp³-hybridized carbons (Fsp3) is 0.750. The van der Waals surface area contributed by atoms with Gasteiger partial charge in [0.1, 0.15) is 0 Å². The van der Waals surface area contributed by atoms with Gasteiger partial charge >= 0.3 is 51.4 Å². The molecular formula is C48H80AgBr3FKNO3S3. The molecule has 0 aliphatic heterocycles. The van der Waals surface area contributed by atoms with Gasteiger partial charge in [0.2, 0.25) is 0 Å². The van der Waals surface area contributed by atoms with E-state index in [9.17, 15) is 0 Å². The fourth-order valence-electron chi connectivity index (χ4n) is 7.30. The summed E-state index contributed by atoms with van der Waals surface area (Å²) in [5.41, 5.74) is 4.52. The van der Waals surface area contributed by atoms with Crippen LogP contribution in [0.3, 0.4) is 0 Å². The van der Waals surface area contributed by atoms with E-state index < -0.39 is 5.09 Å². The Morgan fingerprint density at radius 3 is 0.984 bits per heavy atom. The van der Waals surface area contributed by atoms with Crippen LogP contribution < -0.4 is 56.1 Å². The zero-order chi connectivity index (χ0) is 42.5. The summed E-state index contributed by atoms with van der Waals surface area (Å²) >= 11 is 17.0. The minimum absolute atomic E-state index is 0. The molecule has 0 aliphatic rings. The fourth-order valence-corrected chi connectivity index (χ4v) is 12.2. The first-order valence-electron chi connectivity index (χ1n) is 23.3. The Hall–Kier alpha value is 2.05. The monoisotopic (exact) mass is 1220 g/mol. The van der Waals surface area contributed by atoms with Crippen molar-refractivity contribution in [3.8, 4) is 9.75 Å². The van der Waals surface area contributed by atoms with Gasteiger partial charge in [-0.1, -0.05) is 194 Å². The van der Waals surface area contributed by atoms with Crippen LogP contribution in [0.5, 0.6) is 0 Å². The molecule has 3 heterocycles. The number of aryl methyl sites for hydroxylation is 3. The van der Waals surface area contributed by atoms with E-state index in [1.54, 1.807) is 11.3 Å². The molecule has 61 heavy (non-hydrogen) atoms. The molecule has 1 N–H and O–H groups in total. The van der Waals surface area contributed by atoms with Gasteiger partial charge in [0, 0.05) is 32.1 Å². The molecule has 1 radical (unpaired) electrons. The van der Waals surface area contributed by atoms with E-state index in [1.807, 2.05) is 22.7 Å².